The molecule has 0 saturated heterocycles. The van der Waals surface area contributed by atoms with Crippen LogP contribution in [-0.4, -0.2) is 5.11 Å². The number of hydrogen-bond acceptors (Lipinski definition) is 1. The van der Waals surface area contributed by atoms with E-state index in [0.29, 0.717) is 18.4 Å². The van der Waals surface area contributed by atoms with E-state index >= 15 is 0 Å². The first-order valence-electron chi connectivity index (χ1n) is 4.82. The molecule has 0 aliphatic heterocycles. The lowest BCUT2D eigenvalue weighted by molar-refractivity contribution is 0.0429. The number of benzene rings is 1. The van der Waals surface area contributed by atoms with Gasteiger partial charge in [-0.1, -0.05) is 24.3 Å². The van der Waals surface area contributed by atoms with Crippen molar-refractivity contribution in [2.24, 2.45) is 0 Å². The maximum Gasteiger partial charge on any atom is 0.123 e. The van der Waals surface area contributed by atoms with Gasteiger partial charge in [0, 0.05) is 0 Å². The van der Waals surface area contributed by atoms with Gasteiger partial charge in [-0.3, -0.25) is 0 Å². The lowest BCUT2D eigenvalue weighted by Gasteiger charge is -2.26. The average molecular weight is 206 g/mol. The maximum absolute atomic E-state index is 12.7. The van der Waals surface area contributed by atoms with Crippen molar-refractivity contribution in [1.29, 1.82) is 0 Å². The van der Waals surface area contributed by atoms with Crippen molar-refractivity contribution >= 4 is 0 Å². The molecule has 0 spiro atoms. The standard InChI is InChI=1S/C13H15FO/c1-3-9-13(15,10-4-2)11-5-7-12(14)8-6-11/h3-8,15H,1-2,9-10H2. The summed E-state index contributed by atoms with van der Waals surface area (Å²) in [6.45, 7) is 7.21. The summed E-state index contributed by atoms with van der Waals surface area (Å²) >= 11 is 0. The Morgan fingerprint density at radius 1 is 1.13 bits per heavy atom. The van der Waals surface area contributed by atoms with Crippen molar-refractivity contribution < 1.29 is 9.50 Å². The summed E-state index contributed by atoms with van der Waals surface area (Å²) in [6, 6.07) is 5.85. The second-order valence-electron chi connectivity index (χ2n) is 3.52. The molecule has 0 aliphatic carbocycles. The first-order chi connectivity index (χ1) is 7.12. The molecule has 1 rings (SSSR count). The summed E-state index contributed by atoms with van der Waals surface area (Å²) in [7, 11) is 0. The van der Waals surface area contributed by atoms with Crippen LogP contribution in [0.5, 0.6) is 0 Å². The Kier molecular flexibility index (Phi) is 3.81. The number of hydrogen-bond donors (Lipinski definition) is 1. The lowest BCUT2D eigenvalue weighted by Crippen LogP contribution is -2.24. The van der Waals surface area contributed by atoms with Gasteiger partial charge in [0.15, 0.2) is 0 Å². The third-order valence-electron chi connectivity index (χ3n) is 2.35. The van der Waals surface area contributed by atoms with Gasteiger partial charge in [-0.05, 0) is 30.5 Å². The van der Waals surface area contributed by atoms with Crippen molar-refractivity contribution in [3.05, 3.63) is 61.0 Å². The molecule has 0 atom stereocenters. The third kappa shape index (κ3) is 2.77. The maximum atomic E-state index is 12.7. The van der Waals surface area contributed by atoms with Crippen LogP contribution in [-0.2, 0) is 5.60 Å². The van der Waals surface area contributed by atoms with E-state index in [9.17, 15) is 9.50 Å². The van der Waals surface area contributed by atoms with Crippen molar-refractivity contribution in [2.45, 2.75) is 18.4 Å². The van der Waals surface area contributed by atoms with E-state index < -0.39 is 5.60 Å². The molecule has 0 saturated carbocycles. The minimum atomic E-state index is -1.02. The number of halogens is 1. The summed E-state index contributed by atoms with van der Waals surface area (Å²) in [6.07, 6.45) is 4.13. The van der Waals surface area contributed by atoms with Gasteiger partial charge in [0.2, 0.25) is 0 Å². The highest BCUT2D eigenvalue weighted by molar-refractivity contribution is 5.24. The molecule has 2 heteroatoms. The quantitative estimate of drug-likeness (QED) is 0.734. The highest BCUT2D eigenvalue weighted by Gasteiger charge is 2.25. The molecular formula is C13H15FO. The number of aliphatic hydroxyl groups is 1. The Bertz CT molecular complexity index is 330. The molecule has 0 aromatic heterocycles. The highest BCUT2D eigenvalue weighted by atomic mass is 19.1. The summed E-state index contributed by atoms with van der Waals surface area (Å²) in [5, 5.41) is 10.3. The molecule has 0 heterocycles. The summed E-state index contributed by atoms with van der Waals surface area (Å²) in [5.74, 6) is -0.307. The molecule has 1 aromatic rings. The van der Waals surface area contributed by atoms with Gasteiger partial charge >= 0.3 is 0 Å². The van der Waals surface area contributed by atoms with Crippen molar-refractivity contribution in [3.63, 3.8) is 0 Å². The van der Waals surface area contributed by atoms with E-state index in [0.717, 1.165) is 0 Å². The smallest absolute Gasteiger partial charge is 0.123 e. The fourth-order valence-electron chi connectivity index (χ4n) is 1.56. The molecule has 0 unspecified atom stereocenters. The fraction of sp³-hybridized carbons (Fsp3) is 0.231. The Hall–Kier alpha value is -1.41. The van der Waals surface area contributed by atoms with Crippen molar-refractivity contribution in [1.82, 2.24) is 0 Å². The zero-order valence-electron chi connectivity index (χ0n) is 8.62. The van der Waals surface area contributed by atoms with E-state index in [1.165, 1.54) is 12.1 Å². The zero-order valence-corrected chi connectivity index (χ0v) is 8.62. The van der Waals surface area contributed by atoms with Crippen molar-refractivity contribution in [2.75, 3.05) is 0 Å². The van der Waals surface area contributed by atoms with Crippen LogP contribution in [0, 0.1) is 5.82 Å². The lowest BCUT2D eigenvalue weighted by atomic mass is 9.87. The summed E-state index contributed by atoms with van der Waals surface area (Å²) < 4.78 is 12.7. The van der Waals surface area contributed by atoms with Crippen LogP contribution in [0.1, 0.15) is 18.4 Å². The molecule has 1 N–H and O–H groups in total. The first-order valence-corrected chi connectivity index (χ1v) is 4.82. The van der Waals surface area contributed by atoms with Gasteiger partial charge in [0.1, 0.15) is 5.82 Å². The van der Waals surface area contributed by atoms with Gasteiger partial charge in [-0.15, -0.1) is 13.2 Å². The Morgan fingerprint density at radius 2 is 1.60 bits per heavy atom. The monoisotopic (exact) mass is 206 g/mol. The van der Waals surface area contributed by atoms with Gasteiger partial charge in [-0.2, -0.15) is 0 Å². The van der Waals surface area contributed by atoms with E-state index in [1.54, 1.807) is 24.3 Å². The molecule has 80 valence electrons. The topological polar surface area (TPSA) is 20.2 Å². The highest BCUT2D eigenvalue weighted by Crippen LogP contribution is 2.29. The van der Waals surface area contributed by atoms with Crippen molar-refractivity contribution in [3.8, 4) is 0 Å². The fourth-order valence-corrected chi connectivity index (χ4v) is 1.56. The Balaban J connectivity index is 3.02. The van der Waals surface area contributed by atoms with Crippen LogP contribution in [0.2, 0.25) is 0 Å². The van der Waals surface area contributed by atoms with E-state index in [2.05, 4.69) is 13.2 Å². The van der Waals surface area contributed by atoms with Gasteiger partial charge in [0.05, 0.1) is 5.60 Å². The SMILES string of the molecule is C=CCC(O)(CC=C)c1ccc(F)cc1. The van der Waals surface area contributed by atoms with Crippen LogP contribution in [0.4, 0.5) is 4.39 Å². The predicted octanol–water partition coefficient (Wildman–Crippen LogP) is 3.17. The summed E-state index contributed by atoms with van der Waals surface area (Å²) in [5.41, 5.74) is -0.333. The van der Waals surface area contributed by atoms with Gasteiger partial charge in [-0.25, -0.2) is 4.39 Å². The van der Waals surface area contributed by atoms with E-state index in [-0.39, 0.29) is 5.82 Å². The second kappa shape index (κ2) is 4.89. The van der Waals surface area contributed by atoms with E-state index in [1.807, 2.05) is 0 Å². The van der Waals surface area contributed by atoms with Crippen LogP contribution >= 0.6 is 0 Å². The van der Waals surface area contributed by atoms with Gasteiger partial charge < -0.3 is 5.11 Å². The summed E-state index contributed by atoms with van der Waals surface area (Å²) in [4.78, 5) is 0. The Labute approximate surface area is 89.6 Å². The molecule has 0 fully saturated rings. The third-order valence-corrected chi connectivity index (χ3v) is 2.35. The van der Waals surface area contributed by atoms with Crippen LogP contribution < -0.4 is 0 Å². The zero-order chi connectivity index (χ0) is 11.3. The largest absolute Gasteiger partial charge is 0.385 e. The number of rotatable bonds is 5. The molecular weight excluding hydrogens is 191 g/mol. The molecule has 1 aromatic carbocycles. The second-order valence-corrected chi connectivity index (χ2v) is 3.52. The normalized spacial score (nSPS) is 11.1. The minimum absolute atomic E-state index is 0.307. The van der Waals surface area contributed by atoms with Gasteiger partial charge in [0.25, 0.3) is 0 Å². The molecule has 0 aliphatic rings. The average Bonchev–Trinajstić information content (AvgIpc) is 2.19. The van der Waals surface area contributed by atoms with Crippen LogP contribution in [0.15, 0.2) is 49.6 Å². The molecule has 0 amide bonds. The Morgan fingerprint density at radius 3 is 2.00 bits per heavy atom. The minimum Gasteiger partial charge on any atom is -0.385 e. The first kappa shape index (κ1) is 11.7. The molecule has 0 bridgehead atoms. The predicted molar refractivity (Wildman–Crippen MR) is 59.9 cm³/mol. The molecule has 15 heavy (non-hydrogen) atoms. The van der Waals surface area contributed by atoms with Crippen LogP contribution in [0.3, 0.4) is 0 Å². The van der Waals surface area contributed by atoms with Crippen LogP contribution in [0.25, 0.3) is 0 Å². The molecule has 1 nitrogen and oxygen atoms in total. The van der Waals surface area contributed by atoms with E-state index in [4.69, 9.17) is 0 Å². The molecule has 0 radical (unpaired) electrons.